The van der Waals surface area contributed by atoms with Crippen LogP contribution in [0.2, 0.25) is 5.02 Å². The Hall–Kier alpha value is -1.53. The molecule has 0 aliphatic carbocycles. The van der Waals surface area contributed by atoms with Crippen molar-refractivity contribution in [2.75, 3.05) is 11.0 Å². The zero-order valence-electron chi connectivity index (χ0n) is 8.94. The van der Waals surface area contributed by atoms with Crippen molar-refractivity contribution in [3.63, 3.8) is 0 Å². The van der Waals surface area contributed by atoms with Gasteiger partial charge in [-0.25, -0.2) is 8.42 Å². The maximum absolute atomic E-state index is 11.0. The van der Waals surface area contributed by atoms with Crippen molar-refractivity contribution in [3.05, 3.63) is 35.4 Å². The molecule has 0 saturated heterocycles. The maximum Gasteiger partial charge on any atom is 0.231 e. The minimum Gasteiger partial charge on any atom is -0.276 e. The molecule has 0 fully saturated rings. The molecule has 0 aliphatic heterocycles. The molecule has 7 heteroatoms. The number of hydrogen-bond acceptors (Lipinski definition) is 3. The van der Waals surface area contributed by atoms with Crippen molar-refractivity contribution in [1.82, 2.24) is 10.2 Å². The number of aromatic nitrogens is 2. The molecule has 1 heterocycles. The smallest absolute Gasteiger partial charge is 0.231 e. The number of sulfonamides is 1. The Morgan fingerprint density at radius 3 is 2.53 bits per heavy atom. The molecule has 0 aliphatic rings. The molecule has 90 valence electrons. The van der Waals surface area contributed by atoms with E-state index in [0.717, 1.165) is 11.8 Å². The van der Waals surface area contributed by atoms with Crippen LogP contribution in [0.25, 0.3) is 11.3 Å². The van der Waals surface area contributed by atoms with Gasteiger partial charge < -0.3 is 0 Å². The van der Waals surface area contributed by atoms with Gasteiger partial charge in [-0.05, 0) is 17.7 Å². The van der Waals surface area contributed by atoms with E-state index in [0.29, 0.717) is 10.7 Å². The lowest BCUT2D eigenvalue weighted by molar-refractivity contribution is 0.606. The first-order chi connectivity index (χ1) is 7.94. The number of hydrogen-bond donors (Lipinski definition) is 2. The van der Waals surface area contributed by atoms with Crippen LogP contribution >= 0.6 is 11.6 Å². The molecule has 2 rings (SSSR count). The number of nitrogens with zero attached hydrogens (tertiary/aromatic N) is 1. The number of aromatic amines is 1. The monoisotopic (exact) mass is 271 g/mol. The van der Waals surface area contributed by atoms with Crippen LogP contribution in [0.5, 0.6) is 0 Å². The third-order valence-electron chi connectivity index (χ3n) is 2.02. The summed E-state index contributed by atoms with van der Waals surface area (Å²) in [5.41, 5.74) is 1.59. The van der Waals surface area contributed by atoms with Crippen LogP contribution in [0.4, 0.5) is 5.82 Å². The summed E-state index contributed by atoms with van der Waals surface area (Å²) in [5.74, 6) is 0.262. The molecule has 0 unspecified atom stereocenters. The highest BCUT2D eigenvalue weighted by atomic mass is 35.5. The van der Waals surface area contributed by atoms with Gasteiger partial charge in [-0.3, -0.25) is 9.82 Å². The van der Waals surface area contributed by atoms with E-state index in [4.69, 9.17) is 11.6 Å². The number of anilines is 1. The highest BCUT2D eigenvalue weighted by molar-refractivity contribution is 7.92. The van der Waals surface area contributed by atoms with E-state index in [-0.39, 0.29) is 5.82 Å². The average Bonchev–Trinajstić information content (AvgIpc) is 2.64. The normalized spacial score (nSPS) is 11.4. The SMILES string of the molecule is CS(=O)(=O)Nc1cc(-c2ccc(Cl)cc2)[nH]n1. The summed E-state index contributed by atoms with van der Waals surface area (Å²) in [6.45, 7) is 0. The summed E-state index contributed by atoms with van der Waals surface area (Å²) in [5, 5.41) is 7.24. The lowest BCUT2D eigenvalue weighted by Crippen LogP contribution is -2.09. The van der Waals surface area contributed by atoms with Crippen molar-refractivity contribution in [3.8, 4) is 11.3 Å². The third kappa shape index (κ3) is 3.21. The molecule has 5 nitrogen and oxygen atoms in total. The van der Waals surface area contributed by atoms with Crippen LogP contribution in [0.1, 0.15) is 0 Å². The summed E-state index contributed by atoms with van der Waals surface area (Å²) in [7, 11) is -3.31. The van der Waals surface area contributed by atoms with Gasteiger partial charge in [0.25, 0.3) is 0 Å². The van der Waals surface area contributed by atoms with Crippen molar-refractivity contribution in [1.29, 1.82) is 0 Å². The zero-order valence-corrected chi connectivity index (χ0v) is 10.5. The first kappa shape index (κ1) is 11.9. The Morgan fingerprint density at radius 1 is 1.29 bits per heavy atom. The summed E-state index contributed by atoms with van der Waals surface area (Å²) < 4.78 is 24.3. The standard InChI is InChI=1S/C10H10ClN3O2S/c1-17(15,16)14-10-6-9(12-13-10)7-2-4-8(11)5-3-7/h2-6H,1H3,(H2,12,13,14). The second-order valence-corrected chi connectivity index (χ2v) is 5.73. The van der Waals surface area contributed by atoms with Gasteiger partial charge in [0.15, 0.2) is 5.82 Å². The quantitative estimate of drug-likeness (QED) is 0.898. The van der Waals surface area contributed by atoms with E-state index >= 15 is 0 Å². The van der Waals surface area contributed by atoms with E-state index < -0.39 is 10.0 Å². The zero-order chi connectivity index (χ0) is 12.5. The summed E-state index contributed by atoms with van der Waals surface area (Å²) in [6, 6.07) is 8.76. The predicted octanol–water partition coefficient (Wildman–Crippen LogP) is 2.10. The predicted molar refractivity (Wildman–Crippen MR) is 67.5 cm³/mol. The van der Waals surface area contributed by atoms with Gasteiger partial charge in [0.1, 0.15) is 0 Å². The second-order valence-electron chi connectivity index (χ2n) is 3.55. The fourth-order valence-electron chi connectivity index (χ4n) is 1.34. The molecule has 0 spiro atoms. The molecule has 0 radical (unpaired) electrons. The maximum atomic E-state index is 11.0. The molecule has 0 amide bonds. The molecular formula is C10H10ClN3O2S. The van der Waals surface area contributed by atoms with Gasteiger partial charge in [-0.1, -0.05) is 23.7 Å². The second kappa shape index (κ2) is 4.38. The minimum atomic E-state index is -3.31. The molecule has 1 aromatic heterocycles. The summed E-state index contributed by atoms with van der Waals surface area (Å²) >= 11 is 5.77. The van der Waals surface area contributed by atoms with Gasteiger partial charge in [0.05, 0.1) is 11.9 Å². The summed E-state index contributed by atoms with van der Waals surface area (Å²) in [6.07, 6.45) is 1.07. The highest BCUT2D eigenvalue weighted by Gasteiger charge is 2.07. The lowest BCUT2D eigenvalue weighted by Gasteiger charge is -1.97. The van der Waals surface area contributed by atoms with Crippen LogP contribution in [0, 0.1) is 0 Å². The fraction of sp³-hybridized carbons (Fsp3) is 0.100. The highest BCUT2D eigenvalue weighted by Crippen LogP contribution is 2.21. The molecule has 17 heavy (non-hydrogen) atoms. The van der Waals surface area contributed by atoms with Gasteiger partial charge >= 0.3 is 0 Å². The molecule has 0 saturated carbocycles. The topological polar surface area (TPSA) is 74.8 Å². The van der Waals surface area contributed by atoms with E-state index in [1.807, 2.05) is 12.1 Å². The van der Waals surface area contributed by atoms with Crippen molar-refractivity contribution in [2.24, 2.45) is 0 Å². The van der Waals surface area contributed by atoms with Crippen molar-refractivity contribution < 1.29 is 8.42 Å². The van der Waals surface area contributed by atoms with Gasteiger partial charge in [0.2, 0.25) is 10.0 Å². The molecular weight excluding hydrogens is 262 g/mol. The third-order valence-corrected chi connectivity index (χ3v) is 2.85. The molecule has 0 atom stereocenters. The van der Waals surface area contributed by atoms with E-state index in [1.54, 1.807) is 18.2 Å². The van der Waals surface area contributed by atoms with E-state index in [9.17, 15) is 8.42 Å². The van der Waals surface area contributed by atoms with Gasteiger partial charge in [0, 0.05) is 11.1 Å². The van der Waals surface area contributed by atoms with Gasteiger partial charge in [-0.2, -0.15) is 5.10 Å². The number of halogens is 1. The largest absolute Gasteiger partial charge is 0.276 e. The number of rotatable bonds is 3. The first-order valence-corrected chi connectivity index (χ1v) is 7.00. The Balaban J connectivity index is 2.27. The average molecular weight is 272 g/mol. The van der Waals surface area contributed by atoms with Crippen LogP contribution < -0.4 is 4.72 Å². The van der Waals surface area contributed by atoms with Crippen LogP contribution in [0.15, 0.2) is 30.3 Å². The Labute approximate surface area is 104 Å². The lowest BCUT2D eigenvalue weighted by atomic mass is 10.1. The van der Waals surface area contributed by atoms with Crippen LogP contribution in [-0.2, 0) is 10.0 Å². The molecule has 2 aromatic rings. The first-order valence-electron chi connectivity index (χ1n) is 4.73. The fourth-order valence-corrected chi connectivity index (χ4v) is 1.95. The van der Waals surface area contributed by atoms with Crippen LogP contribution in [-0.4, -0.2) is 24.9 Å². The Bertz CT molecular complexity index is 619. The van der Waals surface area contributed by atoms with Crippen molar-refractivity contribution >= 4 is 27.4 Å². The van der Waals surface area contributed by atoms with Crippen LogP contribution in [0.3, 0.4) is 0 Å². The Kier molecular flexibility index (Phi) is 3.08. The minimum absolute atomic E-state index is 0.262. The Morgan fingerprint density at radius 2 is 1.94 bits per heavy atom. The van der Waals surface area contributed by atoms with E-state index in [2.05, 4.69) is 14.9 Å². The van der Waals surface area contributed by atoms with Gasteiger partial charge in [-0.15, -0.1) is 0 Å². The molecule has 2 N–H and O–H groups in total. The van der Waals surface area contributed by atoms with Crippen molar-refractivity contribution in [2.45, 2.75) is 0 Å². The van der Waals surface area contributed by atoms with E-state index in [1.165, 1.54) is 0 Å². The number of benzene rings is 1. The number of nitrogens with one attached hydrogen (secondary N) is 2. The molecule has 1 aromatic carbocycles. The number of H-pyrrole nitrogens is 1. The summed E-state index contributed by atoms with van der Waals surface area (Å²) in [4.78, 5) is 0. The molecule has 0 bridgehead atoms.